The van der Waals surface area contributed by atoms with Gasteiger partial charge in [-0.05, 0) is 0 Å². The Balaban J connectivity index is 1.68. The number of thiol groups is 1. The highest BCUT2D eigenvalue weighted by molar-refractivity contribution is 8.77. The molecule has 0 nitrogen and oxygen atoms in total. The van der Waals surface area contributed by atoms with Gasteiger partial charge in [0.15, 0.2) is 0 Å². The molecule has 0 aliphatic carbocycles. The molecule has 60 valence electrons. The molecule has 1 unspecified atom stereocenters. The third-order valence-corrected chi connectivity index (χ3v) is 5.86. The molecule has 1 heterocycles. The zero-order chi connectivity index (χ0) is 7.23. The van der Waals surface area contributed by atoms with Crippen molar-refractivity contribution in [3.8, 4) is 0 Å². The van der Waals surface area contributed by atoms with Crippen molar-refractivity contribution >= 4 is 55.8 Å². The van der Waals surface area contributed by atoms with E-state index in [1.165, 1.54) is 23.0 Å². The Hall–Kier alpha value is 1.75. The Labute approximate surface area is 83.6 Å². The molecule has 0 amide bonds. The van der Waals surface area contributed by atoms with Gasteiger partial charge in [0.05, 0.1) is 0 Å². The van der Waals surface area contributed by atoms with E-state index in [1.807, 2.05) is 21.6 Å². The molecular formula is C5H10S5. The number of hydrogen-bond acceptors (Lipinski definition) is 5. The molecule has 5 heteroatoms. The minimum atomic E-state index is 0.987. The van der Waals surface area contributed by atoms with Crippen molar-refractivity contribution in [3.63, 3.8) is 0 Å². The number of rotatable bonds is 6. The third kappa shape index (κ3) is 5.41. The van der Waals surface area contributed by atoms with Crippen molar-refractivity contribution in [1.29, 1.82) is 0 Å². The summed E-state index contributed by atoms with van der Waals surface area (Å²) in [5.41, 5.74) is 0. The molecule has 0 aromatic heterocycles. The van der Waals surface area contributed by atoms with Gasteiger partial charge in [-0.3, -0.25) is 0 Å². The zero-order valence-electron chi connectivity index (χ0n) is 5.49. The maximum Gasteiger partial charge on any atom is 0.0237 e. The fourth-order valence-electron chi connectivity index (χ4n) is 0.418. The summed E-state index contributed by atoms with van der Waals surface area (Å²) in [6.07, 6.45) is 0. The Kier molecular flexibility index (Phi) is 6.18. The summed E-state index contributed by atoms with van der Waals surface area (Å²) in [6.45, 7) is 0. The molecule has 0 N–H and O–H groups in total. The molecule has 1 fully saturated rings. The quantitative estimate of drug-likeness (QED) is 0.322. The Morgan fingerprint density at radius 2 is 2.20 bits per heavy atom. The van der Waals surface area contributed by atoms with Crippen LogP contribution in [0.1, 0.15) is 0 Å². The SMILES string of the molecule is SSCCSSCC1CS1. The second kappa shape index (κ2) is 6.29. The molecular weight excluding hydrogens is 220 g/mol. The van der Waals surface area contributed by atoms with Crippen LogP contribution in [0.15, 0.2) is 0 Å². The summed E-state index contributed by atoms with van der Waals surface area (Å²) >= 11 is 6.14. The van der Waals surface area contributed by atoms with E-state index in [-0.39, 0.29) is 0 Å². The molecule has 1 aliphatic rings. The van der Waals surface area contributed by atoms with Crippen LogP contribution in [-0.2, 0) is 0 Å². The van der Waals surface area contributed by atoms with Crippen molar-refractivity contribution in [3.05, 3.63) is 0 Å². The van der Waals surface area contributed by atoms with Gasteiger partial charge in [0.2, 0.25) is 0 Å². The first-order chi connectivity index (χ1) is 4.93. The predicted octanol–water partition coefficient (Wildman–Crippen LogP) is 3.06. The van der Waals surface area contributed by atoms with Gasteiger partial charge in [-0.25, -0.2) is 0 Å². The van der Waals surface area contributed by atoms with E-state index in [9.17, 15) is 0 Å². The first-order valence-electron chi connectivity index (χ1n) is 3.06. The summed E-state index contributed by atoms with van der Waals surface area (Å²) < 4.78 is 0. The van der Waals surface area contributed by atoms with Gasteiger partial charge >= 0.3 is 0 Å². The second-order valence-corrected chi connectivity index (χ2v) is 7.30. The van der Waals surface area contributed by atoms with Crippen LogP contribution in [-0.4, -0.2) is 28.3 Å². The fraction of sp³-hybridized carbons (Fsp3) is 1.00. The zero-order valence-corrected chi connectivity index (χ0v) is 9.65. The van der Waals surface area contributed by atoms with E-state index in [2.05, 4.69) is 23.4 Å². The summed E-state index contributed by atoms with van der Waals surface area (Å²) in [7, 11) is 5.62. The predicted molar refractivity (Wildman–Crippen MR) is 62.6 cm³/mol. The maximum absolute atomic E-state index is 4.07. The largest absolute Gasteiger partial charge is 0.156 e. The molecule has 0 aromatic rings. The highest BCUT2D eigenvalue weighted by atomic mass is 33.1. The number of hydrogen-bond donors (Lipinski definition) is 1. The van der Waals surface area contributed by atoms with Crippen molar-refractivity contribution in [2.75, 3.05) is 23.0 Å². The molecule has 10 heavy (non-hydrogen) atoms. The lowest BCUT2D eigenvalue weighted by atomic mass is 10.6. The summed E-state index contributed by atoms with van der Waals surface area (Å²) in [5, 5.41) is 0.987. The van der Waals surface area contributed by atoms with Crippen LogP contribution in [0.3, 0.4) is 0 Å². The van der Waals surface area contributed by atoms with Crippen LogP contribution < -0.4 is 0 Å². The van der Waals surface area contributed by atoms with Crippen LogP contribution >= 0.6 is 55.8 Å². The Morgan fingerprint density at radius 3 is 2.80 bits per heavy atom. The molecule has 0 saturated carbocycles. The van der Waals surface area contributed by atoms with Gasteiger partial charge in [-0.15, -0.1) is 11.7 Å². The van der Waals surface area contributed by atoms with E-state index in [1.54, 1.807) is 10.8 Å². The van der Waals surface area contributed by atoms with Gasteiger partial charge in [0.1, 0.15) is 0 Å². The van der Waals surface area contributed by atoms with Gasteiger partial charge in [-0.1, -0.05) is 32.4 Å². The topological polar surface area (TPSA) is 0 Å². The van der Waals surface area contributed by atoms with Crippen LogP contribution in [0.2, 0.25) is 0 Å². The first-order valence-corrected chi connectivity index (χ1v) is 8.63. The summed E-state index contributed by atoms with van der Waals surface area (Å²) in [5.74, 6) is 5.14. The Bertz CT molecular complexity index is 82.1. The van der Waals surface area contributed by atoms with Gasteiger partial charge in [-0.2, -0.15) is 11.8 Å². The fourth-order valence-corrected chi connectivity index (χ4v) is 5.14. The second-order valence-electron chi connectivity index (χ2n) is 1.90. The third-order valence-electron chi connectivity index (χ3n) is 0.998. The molecule has 1 rings (SSSR count). The summed E-state index contributed by atoms with van der Waals surface area (Å²) in [6, 6.07) is 0. The highest BCUT2D eigenvalue weighted by Crippen LogP contribution is 2.36. The Morgan fingerprint density at radius 1 is 1.40 bits per heavy atom. The van der Waals surface area contributed by atoms with E-state index in [0.29, 0.717) is 0 Å². The normalized spacial score (nSPS) is 23.1. The average molecular weight is 230 g/mol. The van der Waals surface area contributed by atoms with Crippen molar-refractivity contribution in [2.45, 2.75) is 5.25 Å². The number of thioether (sulfide) groups is 1. The summed E-state index contributed by atoms with van der Waals surface area (Å²) in [4.78, 5) is 0. The molecule has 0 radical (unpaired) electrons. The monoisotopic (exact) mass is 230 g/mol. The van der Waals surface area contributed by atoms with E-state index in [0.717, 1.165) is 5.25 Å². The van der Waals surface area contributed by atoms with Gasteiger partial charge < -0.3 is 0 Å². The van der Waals surface area contributed by atoms with Crippen LogP contribution in [0.4, 0.5) is 0 Å². The maximum atomic E-state index is 4.07. The highest BCUT2D eigenvalue weighted by Gasteiger charge is 2.21. The molecule has 0 spiro atoms. The van der Waals surface area contributed by atoms with E-state index < -0.39 is 0 Å². The first kappa shape index (κ1) is 9.84. The minimum Gasteiger partial charge on any atom is -0.156 e. The molecule has 1 atom stereocenters. The molecule has 0 bridgehead atoms. The van der Waals surface area contributed by atoms with Crippen LogP contribution in [0.25, 0.3) is 0 Å². The van der Waals surface area contributed by atoms with Crippen LogP contribution in [0, 0.1) is 0 Å². The lowest BCUT2D eigenvalue weighted by Gasteiger charge is -1.95. The van der Waals surface area contributed by atoms with Gasteiger partial charge in [0.25, 0.3) is 0 Å². The van der Waals surface area contributed by atoms with E-state index >= 15 is 0 Å². The average Bonchev–Trinajstić information content (AvgIpc) is 2.71. The molecule has 1 saturated heterocycles. The van der Waals surface area contributed by atoms with Crippen molar-refractivity contribution in [2.24, 2.45) is 0 Å². The molecule has 0 aromatic carbocycles. The lowest BCUT2D eigenvalue weighted by molar-refractivity contribution is 1.28. The standard InChI is InChI=1S/C5H10S5/c6-8-1-2-9-10-4-5-3-7-5/h5-6H,1-4H2. The lowest BCUT2D eigenvalue weighted by Crippen LogP contribution is -1.85. The minimum absolute atomic E-state index is 0.987. The van der Waals surface area contributed by atoms with Gasteiger partial charge in [0, 0.05) is 28.3 Å². The van der Waals surface area contributed by atoms with Crippen LogP contribution in [0.5, 0.6) is 0 Å². The smallest absolute Gasteiger partial charge is 0.0237 e. The van der Waals surface area contributed by atoms with Crippen molar-refractivity contribution < 1.29 is 0 Å². The van der Waals surface area contributed by atoms with Crippen molar-refractivity contribution in [1.82, 2.24) is 0 Å². The molecule has 1 aliphatic heterocycles. The van der Waals surface area contributed by atoms with E-state index in [4.69, 9.17) is 0 Å².